The molecule has 4 nitrogen and oxygen atoms in total. The van der Waals surface area contributed by atoms with Crippen LogP contribution >= 0.6 is 0 Å². The van der Waals surface area contributed by atoms with Gasteiger partial charge in [-0.15, -0.1) is 0 Å². The predicted molar refractivity (Wildman–Crippen MR) is 43.7 cm³/mol. The third kappa shape index (κ3) is 1.02. The van der Waals surface area contributed by atoms with Crippen LogP contribution in [0.2, 0.25) is 0 Å². The summed E-state index contributed by atoms with van der Waals surface area (Å²) in [5.74, 6) is -0.329. The summed E-state index contributed by atoms with van der Waals surface area (Å²) in [5.41, 5.74) is -1.52. The number of hydrogen-bond acceptors (Lipinski definition) is 4. The minimum absolute atomic E-state index is 0.205. The molecule has 0 aromatic heterocycles. The molecule has 0 aromatic rings. The fourth-order valence-corrected chi connectivity index (χ4v) is 1.70. The van der Waals surface area contributed by atoms with Gasteiger partial charge in [0.1, 0.15) is 6.61 Å². The zero-order valence-electron chi connectivity index (χ0n) is 7.54. The fourth-order valence-electron chi connectivity index (χ4n) is 1.70. The Morgan fingerprint density at radius 3 is 3.00 bits per heavy atom. The topological polar surface area (TPSA) is 44.8 Å². The molecule has 2 aliphatic heterocycles. The zero-order valence-corrected chi connectivity index (χ0v) is 7.54. The highest BCUT2D eigenvalue weighted by atomic mass is 17.2. The molecule has 4 heteroatoms. The molecule has 13 heavy (non-hydrogen) atoms. The van der Waals surface area contributed by atoms with Crippen molar-refractivity contribution in [3.05, 3.63) is 12.7 Å². The van der Waals surface area contributed by atoms with Crippen LogP contribution in [0.1, 0.15) is 19.8 Å². The van der Waals surface area contributed by atoms with E-state index >= 15 is 0 Å². The molecule has 2 heterocycles. The molecule has 2 fully saturated rings. The number of hydrogen-bond donors (Lipinski definition) is 0. The molecule has 0 saturated carbocycles. The van der Waals surface area contributed by atoms with Crippen LogP contribution in [0.3, 0.4) is 0 Å². The second-order valence-corrected chi connectivity index (χ2v) is 3.54. The van der Waals surface area contributed by atoms with Gasteiger partial charge in [0, 0.05) is 6.42 Å². The molecular formula is C9H12O4. The minimum atomic E-state index is -0.896. The standard InChI is InChI=1S/C9H12O4/c1-3-8-5-9(4-2,13-12-8)7(10)11-6-8/h3H,1,4-6H2,2H3/t8-,9+/m0/s1. The minimum Gasteiger partial charge on any atom is -0.460 e. The Morgan fingerprint density at radius 2 is 2.38 bits per heavy atom. The van der Waals surface area contributed by atoms with Crippen LogP contribution in [0.15, 0.2) is 12.7 Å². The Kier molecular flexibility index (Phi) is 1.72. The Labute approximate surface area is 76.4 Å². The van der Waals surface area contributed by atoms with Crippen LogP contribution in [0.4, 0.5) is 0 Å². The van der Waals surface area contributed by atoms with E-state index in [4.69, 9.17) is 14.5 Å². The molecule has 0 spiro atoms. The molecular weight excluding hydrogens is 172 g/mol. The van der Waals surface area contributed by atoms with Crippen molar-refractivity contribution in [1.82, 2.24) is 0 Å². The van der Waals surface area contributed by atoms with Gasteiger partial charge in [-0.1, -0.05) is 19.6 Å². The number of ether oxygens (including phenoxy) is 1. The van der Waals surface area contributed by atoms with Gasteiger partial charge in [0.2, 0.25) is 5.60 Å². The number of rotatable bonds is 2. The Balaban J connectivity index is 2.31. The van der Waals surface area contributed by atoms with Gasteiger partial charge in [0.05, 0.1) is 0 Å². The number of cyclic esters (lactones) is 1. The average molecular weight is 184 g/mol. The molecule has 2 atom stereocenters. The summed E-state index contributed by atoms with van der Waals surface area (Å²) in [4.78, 5) is 21.6. The summed E-state index contributed by atoms with van der Waals surface area (Å²) < 4.78 is 4.99. The van der Waals surface area contributed by atoms with Gasteiger partial charge < -0.3 is 4.74 Å². The summed E-state index contributed by atoms with van der Waals surface area (Å²) in [6, 6.07) is 0. The van der Waals surface area contributed by atoms with Crippen LogP contribution in [-0.2, 0) is 19.3 Å². The molecule has 0 radical (unpaired) electrons. The average Bonchev–Trinajstić information content (AvgIpc) is 2.51. The highest BCUT2D eigenvalue weighted by molar-refractivity contribution is 5.81. The van der Waals surface area contributed by atoms with Gasteiger partial charge in [0.25, 0.3) is 0 Å². The third-order valence-electron chi connectivity index (χ3n) is 2.71. The summed E-state index contributed by atoms with van der Waals surface area (Å²) in [7, 11) is 0. The van der Waals surface area contributed by atoms with Crippen molar-refractivity contribution in [2.45, 2.75) is 31.0 Å². The van der Waals surface area contributed by atoms with Crippen molar-refractivity contribution < 1.29 is 19.3 Å². The molecule has 2 bridgehead atoms. The summed E-state index contributed by atoms with van der Waals surface area (Å²) in [5, 5.41) is 0. The van der Waals surface area contributed by atoms with Crippen molar-refractivity contribution in [1.29, 1.82) is 0 Å². The van der Waals surface area contributed by atoms with Gasteiger partial charge in [-0.05, 0) is 6.42 Å². The van der Waals surface area contributed by atoms with Crippen LogP contribution in [-0.4, -0.2) is 23.8 Å². The second kappa shape index (κ2) is 2.56. The maximum Gasteiger partial charge on any atom is 0.342 e. The van der Waals surface area contributed by atoms with Gasteiger partial charge in [0.15, 0.2) is 5.60 Å². The van der Waals surface area contributed by atoms with Gasteiger partial charge in [-0.3, -0.25) is 0 Å². The van der Waals surface area contributed by atoms with Crippen LogP contribution in [0.25, 0.3) is 0 Å². The van der Waals surface area contributed by atoms with Gasteiger partial charge in [-0.2, -0.15) is 0 Å². The smallest absolute Gasteiger partial charge is 0.342 e. The van der Waals surface area contributed by atoms with Crippen molar-refractivity contribution in [3.8, 4) is 0 Å². The van der Waals surface area contributed by atoms with E-state index in [0.29, 0.717) is 12.8 Å². The van der Waals surface area contributed by atoms with E-state index in [0.717, 1.165) is 0 Å². The highest BCUT2D eigenvalue weighted by Gasteiger charge is 2.59. The van der Waals surface area contributed by atoms with E-state index in [9.17, 15) is 4.79 Å². The van der Waals surface area contributed by atoms with Crippen molar-refractivity contribution >= 4 is 5.97 Å². The van der Waals surface area contributed by atoms with Crippen LogP contribution < -0.4 is 0 Å². The first-order valence-electron chi connectivity index (χ1n) is 4.34. The first-order valence-corrected chi connectivity index (χ1v) is 4.34. The van der Waals surface area contributed by atoms with E-state index in [1.807, 2.05) is 6.92 Å². The van der Waals surface area contributed by atoms with E-state index in [1.54, 1.807) is 6.08 Å². The SMILES string of the molecule is C=C[C@@]12COC(=O)[C@@](CC)(C1)OO2. The molecule has 0 unspecified atom stereocenters. The van der Waals surface area contributed by atoms with Crippen LogP contribution in [0.5, 0.6) is 0 Å². The zero-order chi connectivity index (χ0) is 9.53. The quantitative estimate of drug-likeness (QED) is 0.364. The van der Waals surface area contributed by atoms with Gasteiger partial charge >= 0.3 is 5.97 Å². The van der Waals surface area contributed by atoms with E-state index in [1.165, 1.54) is 0 Å². The Bertz CT molecular complexity index is 262. The molecule has 0 amide bonds. The van der Waals surface area contributed by atoms with Gasteiger partial charge in [-0.25, -0.2) is 14.6 Å². The fraction of sp³-hybridized carbons (Fsp3) is 0.667. The van der Waals surface area contributed by atoms with E-state index < -0.39 is 11.2 Å². The summed E-state index contributed by atoms with van der Waals surface area (Å²) >= 11 is 0. The largest absolute Gasteiger partial charge is 0.460 e. The third-order valence-corrected chi connectivity index (χ3v) is 2.71. The molecule has 72 valence electrons. The summed E-state index contributed by atoms with van der Waals surface area (Å²) in [6.07, 6.45) is 2.71. The predicted octanol–water partition coefficient (Wildman–Crippen LogP) is 0.969. The normalized spacial score (nSPS) is 43.0. The number of esters is 1. The lowest BCUT2D eigenvalue weighted by molar-refractivity contribution is -0.327. The van der Waals surface area contributed by atoms with Crippen LogP contribution in [0, 0.1) is 0 Å². The molecule has 0 aliphatic carbocycles. The van der Waals surface area contributed by atoms with E-state index in [2.05, 4.69) is 6.58 Å². The highest BCUT2D eigenvalue weighted by Crippen LogP contribution is 2.43. The lowest BCUT2D eigenvalue weighted by atomic mass is 9.84. The maximum atomic E-state index is 11.4. The van der Waals surface area contributed by atoms with Crippen molar-refractivity contribution in [2.24, 2.45) is 0 Å². The number of carbonyl (C=O) groups excluding carboxylic acids is 1. The Morgan fingerprint density at radius 1 is 1.62 bits per heavy atom. The van der Waals surface area contributed by atoms with Crippen molar-refractivity contribution in [2.75, 3.05) is 6.61 Å². The molecule has 2 aliphatic rings. The first kappa shape index (κ1) is 8.72. The van der Waals surface area contributed by atoms with E-state index in [-0.39, 0.29) is 12.6 Å². The lowest BCUT2D eigenvalue weighted by Crippen LogP contribution is -2.47. The molecule has 2 saturated heterocycles. The number of carbonyl (C=O) groups is 1. The molecule has 0 N–H and O–H groups in total. The molecule has 2 rings (SSSR count). The monoisotopic (exact) mass is 184 g/mol. The summed E-state index contributed by atoms with van der Waals surface area (Å²) in [6.45, 7) is 5.72. The Hall–Kier alpha value is -0.870. The second-order valence-electron chi connectivity index (χ2n) is 3.54. The maximum absolute atomic E-state index is 11.4. The lowest BCUT2D eigenvalue weighted by Gasteiger charge is -2.29. The first-order chi connectivity index (χ1) is 6.16. The van der Waals surface area contributed by atoms with Crippen molar-refractivity contribution in [3.63, 3.8) is 0 Å². The molecule has 0 aromatic carbocycles. The number of fused-ring (bicyclic) bond motifs is 2.